The fourth-order valence-electron chi connectivity index (χ4n) is 4.62. The van der Waals surface area contributed by atoms with Gasteiger partial charge in [-0.3, -0.25) is 9.69 Å². The van der Waals surface area contributed by atoms with E-state index in [9.17, 15) is 4.79 Å². The van der Waals surface area contributed by atoms with Crippen LogP contribution in [0.25, 0.3) is 6.08 Å². The molecule has 0 atom stereocenters. The van der Waals surface area contributed by atoms with Crippen molar-refractivity contribution in [1.82, 2.24) is 4.90 Å². The predicted octanol–water partition coefficient (Wildman–Crippen LogP) is 7.51. The number of aryl methyl sites for hydroxylation is 1. The predicted molar refractivity (Wildman–Crippen MR) is 145 cm³/mol. The SMILES string of the molecule is Cc1cccc(COc2ccc(/C=C3/SC(=Nc4ccccc4)N(C4CCCCC4)C3=O)cc2)c1. The summed E-state index contributed by atoms with van der Waals surface area (Å²) in [4.78, 5) is 21.0. The first kappa shape index (κ1) is 23.4. The van der Waals surface area contributed by atoms with E-state index in [2.05, 4.69) is 25.1 Å². The average molecular weight is 483 g/mol. The van der Waals surface area contributed by atoms with E-state index in [1.54, 1.807) is 0 Å². The topological polar surface area (TPSA) is 41.9 Å². The van der Waals surface area contributed by atoms with Gasteiger partial charge in [-0.25, -0.2) is 4.99 Å². The molecule has 1 saturated carbocycles. The van der Waals surface area contributed by atoms with Gasteiger partial charge >= 0.3 is 0 Å². The van der Waals surface area contributed by atoms with Crippen molar-refractivity contribution in [3.05, 3.63) is 100 Å². The number of para-hydroxylation sites is 1. The summed E-state index contributed by atoms with van der Waals surface area (Å²) in [6.07, 6.45) is 7.64. The molecule has 5 rings (SSSR count). The molecule has 4 nitrogen and oxygen atoms in total. The fourth-order valence-corrected chi connectivity index (χ4v) is 5.68. The van der Waals surface area contributed by atoms with Crippen LogP contribution in [0.3, 0.4) is 0 Å². The molecule has 3 aromatic rings. The van der Waals surface area contributed by atoms with Crippen LogP contribution in [0.4, 0.5) is 5.69 Å². The molecule has 1 amide bonds. The van der Waals surface area contributed by atoms with Crippen LogP contribution < -0.4 is 4.74 Å². The molecule has 2 fully saturated rings. The third kappa shape index (κ3) is 5.85. The third-order valence-electron chi connectivity index (χ3n) is 6.42. The number of carbonyl (C=O) groups excluding carboxylic acids is 1. The second kappa shape index (κ2) is 11.0. The van der Waals surface area contributed by atoms with Crippen LogP contribution in [-0.2, 0) is 11.4 Å². The minimum absolute atomic E-state index is 0.0661. The number of amidine groups is 1. The Morgan fingerprint density at radius 2 is 1.74 bits per heavy atom. The van der Waals surface area contributed by atoms with Crippen molar-refractivity contribution in [3.8, 4) is 5.75 Å². The zero-order valence-electron chi connectivity index (χ0n) is 20.0. The molecule has 2 aliphatic rings. The van der Waals surface area contributed by atoms with Crippen molar-refractivity contribution in [3.63, 3.8) is 0 Å². The van der Waals surface area contributed by atoms with Crippen LogP contribution in [0.2, 0.25) is 0 Å². The Morgan fingerprint density at radius 1 is 0.971 bits per heavy atom. The molecular formula is C30H30N2O2S. The summed E-state index contributed by atoms with van der Waals surface area (Å²) in [5.41, 5.74) is 4.23. The van der Waals surface area contributed by atoms with E-state index in [4.69, 9.17) is 9.73 Å². The van der Waals surface area contributed by atoms with Gasteiger partial charge < -0.3 is 4.74 Å². The number of benzene rings is 3. The first-order valence-electron chi connectivity index (χ1n) is 12.3. The normalized spacial score (nSPS) is 19.0. The van der Waals surface area contributed by atoms with Gasteiger partial charge in [0.15, 0.2) is 5.17 Å². The Kier molecular flexibility index (Phi) is 7.34. The van der Waals surface area contributed by atoms with E-state index >= 15 is 0 Å². The van der Waals surface area contributed by atoms with Gasteiger partial charge in [-0.1, -0.05) is 79.4 Å². The number of hydrogen-bond acceptors (Lipinski definition) is 4. The summed E-state index contributed by atoms with van der Waals surface area (Å²) in [6, 6.07) is 26.4. The molecule has 35 heavy (non-hydrogen) atoms. The highest BCUT2D eigenvalue weighted by Crippen LogP contribution is 2.38. The highest BCUT2D eigenvalue weighted by Gasteiger charge is 2.38. The summed E-state index contributed by atoms with van der Waals surface area (Å²) in [7, 11) is 0. The standard InChI is InChI=1S/C30H30N2O2S/c1-22-9-8-10-24(19-22)21-34-27-17-15-23(16-18-27)20-28-29(33)32(26-13-6-3-7-14-26)30(35-28)31-25-11-4-2-5-12-25/h2,4-5,8-12,15-20,26H,3,6-7,13-14,21H2,1H3/b28-20+,31-30?. The number of amides is 1. The van der Waals surface area contributed by atoms with Crippen LogP contribution in [0, 0.1) is 6.92 Å². The monoisotopic (exact) mass is 482 g/mol. The maximum atomic E-state index is 13.5. The summed E-state index contributed by atoms with van der Waals surface area (Å²) in [5.74, 6) is 0.880. The largest absolute Gasteiger partial charge is 0.489 e. The molecule has 5 heteroatoms. The van der Waals surface area contributed by atoms with Crippen LogP contribution >= 0.6 is 11.8 Å². The Labute approximate surface area is 211 Å². The Hall–Kier alpha value is -3.31. The molecule has 1 heterocycles. The van der Waals surface area contributed by atoms with E-state index in [0.717, 1.165) is 45.5 Å². The van der Waals surface area contributed by atoms with Crippen molar-refractivity contribution in [1.29, 1.82) is 0 Å². The highest BCUT2D eigenvalue weighted by molar-refractivity contribution is 8.18. The summed E-state index contributed by atoms with van der Waals surface area (Å²) < 4.78 is 5.95. The number of nitrogens with zero attached hydrogens (tertiary/aromatic N) is 2. The first-order valence-corrected chi connectivity index (χ1v) is 13.1. The lowest BCUT2D eigenvalue weighted by molar-refractivity contribution is -0.124. The molecule has 0 radical (unpaired) electrons. The Morgan fingerprint density at radius 3 is 2.49 bits per heavy atom. The van der Waals surface area contributed by atoms with Crippen LogP contribution in [0.1, 0.15) is 48.8 Å². The summed E-state index contributed by atoms with van der Waals surface area (Å²) >= 11 is 1.48. The molecule has 1 aliphatic heterocycles. The zero-order valence-corrected chi connectivity index (χ0v) is 20.8. The number of rotatable bonds is 6. The van der Waals surface area contributed by atoms with E-state index in [1.165, 1.54) is 36.6 Å². The molecule has 3 aromatic carbocycles. The number of hydrogen-bond donors (Lipinski definition) is 0. The third-order valence-corrected chi connectivity index (χ3v) is 7.41. The Bertz CT molecular complexity index is 1230. The molecule has 0 unspecified atom stereocenters. The number of aliphatic imine (C=N–C) groups is 1. The van der Waals surface area contributed by atoms with Gasteiger partial charge in [0.2, 0.25) is 0 Å². The van der Waals surface area contributed by atoms with Crippen molar-refractivity contribution in [2.45, 2.75) is 51.7 Å². The quantitative estimate of drug-likeness (QED) is 0.341. The summed E-state index contributed by atoms with van der Waals surface area (Å²) in [6.45, 7) is 2.62. The number of thioether (sulfide) groups is 1. The van der Waals surface area contributed by atoms with Crippen molar-refractivity contribution in [2.75, 3.05) is 0 Å². The van der Waals surface area contributed by atoms with Crippen LogP contribution in [0.5, 0.6) is 5.75 Å². The van der Waals surface area contributed by atoms with Crippen molar-refractivity contribution < 1.29 is 9.53 Å². The summed E-state index contributed by atoms with van der Waals surface area (Å²) in [5, 5.41) is 0.789. The van der Waals surface area contributed by atoms with Crippen LogP contribution in [0.15, 0.2) is 88.8 Å². The van der Waals surface area contributed by atoms with E-state index in [1.807, 2.05) is 71.6 Å². The lowest BCUT2D eigenvalue weighted by atomic mass is 9.94. The number of ether oxygens (including phenoxy) is 1. The highest BCUT2D eigenvalue weighted by atomic mass is 32.2. The van der Waals surface area contributed by atoms with Gasteiger partial charge in [0, 0.05) is 6.04 Å². The average Bonchev–Trinajstić information content (AvgIpc) is 3.19. The molecule has 1 saturated heterocycles. The van der Waals surface area contributed by atoms with Gasteiger partial charge in [-0.15, -0.1) is 0 Å². The molecule has 178 valence electrons. The van der Waals surface area contributed by atoms with E-state index in [0.29, 0.717) is 6.61 Å². The van der Waals surface area contributed by atoms with Gasteiger partial charge in [-0.2, -0.15) is 0 Å². The zero-order chi connectivity index (χ0) is 24.0. The van der Waals surface area contributed by atoms with Gasteiger partial charge in [0.1, 0.15) is 12.4 Å². The molecule has 0 bridgehead atoms. The van der Waals surface area contributed by atoms with E-state index < -0.39 is 0 Å². The van der Waals surface area contributed by atoms with Gasteiger partial charge in [-0.05, 0) is 73.0 Å². The minimum atomic E-state index is 0.0661. The smallest absolute Gasteiger partial charge is 0.267 e. The first-order chi connectivity index (χ1) is 17.2. The lowest BCUT2D eigenvalue weighted by Gasteiger charge is -2.30. The maximum Gasteiger partial charge on any atom is 0.267 e. The maximum absolute atomic E-state index is 13.5. The van der Waals surface area contributed by atoms with Crippen molar-refractivity contribution >= 4 is 34.6 Å². The Balaban J connectivity index is 1.33. The minimum Gasteiger partial charge on any atom is -0.489 e. The molecule has 0 N–H and O–H groups in total. The molecule has 0 aromatic heterocycles. The van der Waals surface area contributed by atoms with Gasteiger partial charge in [0.25, 0.3) is 5.91 Å². The molecular weight excluding hydrogens is 452 g/mol. The van der Waals surface area contributed by atoms with Crippen LogP contribution in [-0.4, -0.2) is 22.0 Å². The molecule has 1 aliphatic carbocycles. The molecule has 0 spiro atoms. The lowest BCUT2D eigenvalue weighted by Crippen LogP contribution is -2.40. The van der Waals surface area contributed by atoms with E-state index in [-0.39, 0.29) is 11.9 Å². The second-order valence-corrected chi connectivity index (χ2v) is 10.2. The fraction of sp³-hybridized carbons (Fsp3) is 0.267. The van der Waals surface area contributed by atoms with Gasteiger partial charge in [0.05, 0.1) is 10.6 Å². The van der Waals surface area contributed by atoms with Crippen molar-refractivity contribution in [2.24, 2.45) is 4.99 Å². The second-order valence-electron chi connectivity index (χ2n) is 9.15. The number of carbonyl (C=O) groups is 1.